The van der Waals surface area contributed by atoms with Crippen LogP contribution in [0.25, 0.3) is 0 Å². The monoisotopic (exact) mass is 298 g/mol. The largest absolute Gasteiger partial charge is 0.345 e. The molecule has 0 unspecified atom stereocenters. The normalized spacial score (nSPS) is 29.0. The van der Waals surface area contributed by atoms with Gasteiger partial charge in [0.1, 0.15) is 5.02 Å². The Morgan fingerprint density at radius 2 is 2.20 bits per heavy atom. The van der Waals surface area contributed by atoms with E-state index in [2.05, 4.69) is 20.2 Å². The third-order valence-corrected chi connectivity index (χ3v) is 4.30. The summed E-state index contributed by atoms with van der Waals surface area (Å²) in [7, 11) is 0. The van der Waals surface area contributed by atoms with Crippen molar-refractivity contribution in [2.24, 2.45) is 5.92 Å². The van der Waals surface area contributed by atoms with Gasteiger partial charge >= 0.3 is 0 Å². The fraction of sp³-hybridized carbons (Fsp3) is 0.615. The minimum Gasteiger partial charge on any atom is -0.345 e. The molecule has 20 heavy (non-hydrogen) atoms. The number of halogens is 2. The van der Waals surface area contributed by atoms with Gasteiger partial charge in [0.2, 0.25) is 11.8 Å². The average Bonchev–Trinajstić information content (AvgIpc) is 2.74. The third-order valence-electron chi connectivity index (χ3n) is 4.04. The summed E-state index contributed by atoms with van der Waals surface area (Å²) in [6.45, 7) is 3.05. The van der Waals surface area contributed by atoms with Gasteiger partial charge < -0.3 is 10.2 Å². The molecule has 2 bridgehead atoms. The first kappa shape index (κ1) is 13.7. The molecule has 1 atom stereocenters. The van der Waals surface area contributed by atoms with Crippen molar-refractivity contribution in [1.82, 2.24) is 20.2 Å². The Hall–Kier alpha value is -1.27. The number of hydrogen-bond donors (Lipinski definition) is 1. The Labute approximate surface area is 121 Å². The van der Waals surface area contributed by atoms with E-state index in [-0.39, 0.29) is 16.9 Å². The molecule has 1 aromatic heterocycles. The first-order valence-corrected chi connectivity index (χ1v) is 7.21. The van der Waals surface area contributed by atoms with Crippen LogP contribution in [-0.2, 0) is 0 Å². The SMILES string of the molecule is O=C(N[C@@H]1CC2CCN(CC2)C1)c1ncc(Cl)c(F)n1. The second-order valence-corrected chi connectivity index (χ2v) is 5.89. The van der Waals surface area contributed by atoms with E-state index >= 15 is 0 Å². The van der Waals surface area contributed by atoms with E-state index in [9.17, 15) is 9.18 Å². The predicted molar refractivity (Wildman–Crippen MR) is 72.0 cm³/mol. The van der Waals surface area contributed by atoms with Gasteiger partial charge in [0.05, 0.1) is 6.20 Å². The van der Waals surface area contributed by atoms with Gasteiger partial charge in [-0.3, -0.25) is 4.79 Å². The summed E-state index contributed by atoms with van der Waals surface area (Å²) >= 11 is 5.51. The Balaban J connectivity index is 1.67. The minimum absolute atomic E-state index is 0.0832. The molecule has 0 radical (unpaired) electrons. The van der Waals surface area contributed by atoms with Crippen LogP contribution in [0.3, 0.4) is 0 Å². The van der Waals surface area contributed by atoms with Crippen molar-refractivity contribution in [1.29, 1.82) is 0 Å². The number of fused-ring (bicyclic) bond motifs is 4. The Kier molecular flexibility index (Phi) is 3.85. The molecule has 1 amide bonds. The molecule has 0 aliphatic carbocycles. The number of rotatable bonds is 2. The quantitative estimate of drug-likeness (QED) is 0.840. The van der Waals surface area contributed by atoms with Gasteiger partial charge in [0.25, 0.3) is 5.91 Å². The molecule has 5 nitrogen and oxygen atoms in total. The topological polar surface area (TPSA) is 58.1 Å². The van der Waals surface area contributed by atoms with E-state index in [4.69, 9.17) is 11.6 Å². The summed E-state index contributed by atoms with van der Waals surface area (Å²) in [5.74, 6) is -0.801. The fourth-order valence-corrected chi connectivity index (χ4v) is 3.09. The van der Waals surface area contributed by atoms with Gasteiger partial charge in [-0.05, 0) is 38.3 Å². The molecular weight excluding hydrogens is 283 g/mol. The first-order valence-electron chi connectivity index (χ1n) is 6.83. The highest BCUT2D eigenvalue weighted by molar-refractivity contribution is 6.30. The van der Waals surface area contributed by atoms with Crippen LogP contribution in [0.5, 0.6) is 0 Å². The minimum atomic E-state index is -0.864. The van der Waals surface area contributed by atoms with Gasteiger partial charge in [-0.1, -0.05) is 11.6 Å². The number of hydrogen-bond acceptors (Lipinski definition) is 4. The highest BCUT2D eigenvalue weighted by atomic mass is 35.5. The zero-order chi connectivity index (χ0) is 14.1. The fourth-order valence-electron chi connectivity index (χ4n) is 3.00. The maximum Gasteiger partial charge on any atom is 0.289 e. The summed E-state index contributed by atoms with van der Waals surface area (Å²) in [5, 5.41) is 2.73. The van der Waals surface area contributed by atoms with Gasteiger partial charge in [-0.2, -0.15) is 9.37 Å². The van der Waals surface area contributed by atoms with Crippen LogP contribution in [-0.4, -0.2) is 46.5 Å². The highest BCUT2D eigenvalue weighted by Gasteiger charge is 2.30. The Morgan fingerprint density at radius 1 is 1.45 bits per heavy atom. The molecule has 7 heteroatoms. The average molecular weight is 299 g/mol. The van der Waals surface area contributed by atoms with Crippen molar-refractivity contribution in [2.75, 3.05) is 19.6 Å². The van der Waals surface area contributed by atoms with Gasteiger partial charge in [0, 0.05) is 12.6 Å². The lowest BCUT2D eigenvalue weighted by atomic mass is 9.94. The molecule has 108 valence electrons. The molecule has 3 aliphatic rings. The molecule has 0 aromatic carbocycles. The molecule has 3 saturated heterocycles. The van der Waals surface area contributed by atoms with E-state index in [0.29, 0.717) is 5.92 Å². The van der Waals surface area contributed by atoms with E-state index in [1.807, 2.05) is 0 Å². The zero-order valence-electron chi connectivity index (χ0n) is 11.0. The summed E-state index contributed by atoms with van der Waals surface area (Å²) in [5.41, 5.74) is 0. The molecule has 1 N–H and O–H groups in total. The van der Waals surface area contributed by atoms with Crippen molar-refractivity contribution < 1.29 is 9.18 Å². The number of nitrogens with one attached hydrogen (secondary N) is 1. The number of aromatic nitrogens is 2. The third kappa shape index (κ3) is 2.91. The predicted octanol–water partition coefficient (Wildman–Crippen LogP) is 1.48. The Morgan fingerprint density at radius 3 is 2.90 bits per heavy atom. The van der Waals surface area contributed by atoms with Gasteiger partial charge in [-0.15, -0.1) is 0 Å². The molecule has 4 rings (SSSR count). The lowest BCUT2D eigenvalue weighted by Gasteiger charge is -2.26. The van der Waals surface area contributed by atoms with Crippen molar-refractivity contribution in [3.63, 3.8) is 0 Å². The van der Waals surface area contributed by atoms with E-state index in [1.54, 1.807) is 0 Å². The van der Waals surface area contributed by atoms with Crippen LogP contribution in [0.1, 0.15) is 29.9 Å². The number of nitrogens with zero attached hydrogens (tertiary/aromatic N) is 3. The van der Waals surface area contributed by atoms with E-state index in [0.717, 1.165) is 32.3 Å². The Bertz CT molecular complexity index is 505. The van der Waals surface area contributed by atoms with Crippen LogP contribution in [0.2, 0.25) is 5.02 Å². The van der Waals surface area contributed by atoms with Crippen LogP contribution >= 0.6 is 11.6 Å². The summed E-state index contributed by atoms with van der Waals surface area (Å²) < 4.78 is 13.2. The molecule has 0 saturated carbocycles. The van der Waals surface area contributed by atoms with Crippen molar-refractivity contribution in [3.8, 4) is 0 Å². The lowest BCUT2D eigenvalue weighted by Crippen LogP contribution is -2.42. The molecule has 3 fully saturated rings. The number of carbonyl (C=O) groups excluding carboxylic acids is 1. The van der Waals surface area contributed by atoms with Crippen LogP contribution in [0.15, 0.2) is 6.20 Å². The molecule has 0 spiro atoms. The molecule has 3 aliphatic heterocycles. The molecule has 4 heterocycles. The maximum absolute atomic E-state index is 13.2. The zero-order valence-corrected chi connectivity index (χ0v) is 11.7. The number of piperidine rings is 1. The summed E-state index contributed by atoms with van der Waals surface area (Å²) in [6, 6.07) is 0.0832. The molecule has 1 aromatic rings. The van der Waals surface area contributed by atoms with Crippen LogP contribution in [0, 0.1) is 11.9 Å². The standard InChI is InChI=1S/C13H16ClFN4O/c14-10-6-16-12(18-11(10)15)13(20)17-9-5-8-1-3-19(7-9)4-2-8/h6,8-9H,1-5,7H2,(H,17,20)/t9-/m1/s1. The van der Waals surface area contributed by atoms with Gasteiger partial charge in [0.15, 0.2) is 0 Å². The highest BCUT2D eigenvalue weighted by Crippen LogP contribution is 2.26. The van der Waals surface area contributed by atoms with E-state index < -0.39 is 11.9 Å². The first-order chi connectivity index (χ1) is 9.61. The maximum atomic E-state index is 13.2. The van der Waals surface area contributed by atoms with Crippen molar-refractivity contribution >= 4 is 17.5 Å². The number of carbonyl (C=O) groups is 1. The number of amides is 1. The second kappa shape index (κ2) is 5.61. The molecular formula is C13H16ClFN4O. The van der Waals surface area contributed by atoms with Crippen molar-refractivity contribution in [3.05, 3.63) is 23.0 Å². The van der Waals surface area contributed by atoms with Crippen molar-refractivity contribution in [2.45, 2.75) is 25.3 Å². The summed E-state index contributed by atoms with van der Waals surface area (Å²) in [6.07, 6.45) is 4.47. The lowest BCUT2D eigenvalue weighted by molar-refractivity contribution is 0.0917. The second-order valence-electron chi connectivity index (χ2n) is 5.48. The van der Waals surface area contributed by atoms with E-state index in [1.165, 1.54) is 12.8 Å². The van der Waals surface area contributed by atoms with Crippen LogP contribution in [0.4, 0.5) is 4.39 Å². The summed E-state index contributed by atoms with van der Waals surface area (Å²) in [4.78, 5) is 21.7. The van der Waals surface area contributed by atoms with Gasteiger partial charge in [-0.25, -0.2) is 4.98 Å². The van der Waals surface area contributed by atoms with Crippen LogP contribution < -0.4 is 5.32 Å². The smallest absolute Gasteiger partial charge is 0.289 e.